The molecule has 3 rings (SSSR count). The summed E-state index contributed by atoms with van der Waals surface area (Å²) in [5, 5.41) is 0. The van der Waals surface area contributed by atoms with E-state index in [-0.39, 0.29) is 11.7 Å². The van der Waals surface area contributed by atoms with Crippen LogP contribution in [0.4, 0.5) is 5.69 Å². The Bertz CT molecular complexity index is 971. The highest BCUT2D eigenvalue weighted by Crippen LogP contribution is 2.38. The van der Waals surface area contributed by atoms with E-state index in [1.165, 1.54) is 39.6 Å². The van der Waals surface area contributed by atoms with Crippen molar-refractivity contribution in [2.24, 2.45) is 0 Å². The van der Waals surface area contributed by atoms with Crippen molar-refractivity contribution in [1.82, 2.24) is 9.88 Å². The van der Waals surface area contributed by atoms with Crippen molar-refractivity contribution in [3.63, 3.8) is 0 Å². The zero-order valence-corrected chi connectivity index (χ0v) is 18.5. The Hall–Kier alpha value is -3.81. The number of benzene rings is 1. The van der Waals surface area contributed by atoms with E-state index in [9.17, 15) is 9.59 Å². The zero-order chi connectivity index (χ0) is 22.9. The third-order valence-corrected chi connectivity index (χ3v) is 5.14. The predicted octanol–water partition coefficient (Wildman–Crippen LogP) is 2.59. The summed E-state index contributed by atoms with van der Waals surface area (Å²) in [5.41, 5.74) is 1.80. The molecule has 0 aliphatic carbocycles. The first kappa shape index (κ1) is 22.9. The van der Waals surface area contributed by atoms with E-state index in [0.717, 1.165) is 18.8 Å². The number of hydrogen-bond donors (Lipinski definition) is 0. The topological polar surface area (TPSA) is 81.2 Å². The number of amides is 1. The fourth-order valence-corrected chi connectivity index (χ4v) is 3.43. The van der Waals surface area contributed by atoms with Crippen LogP contribution in [0.25, 0.3) is 6.08 Å². The van der Waals surface area contributed by atoms with Crippen LogP contribution < -0.4 is 19.1 Å². The minimum absolute atomic E-state index is 0.172. The van der Waals surface area contributed by atoms with Crippen molar-refractivity contribution in [2.75, 3.05) is 52.4 Å². The number of aromatic nitrogens is 1. The van der Waals surface area contributed by atoms with Crippen LogP contribution in [0.3, 0.4) is 0 Å². The SMILES string of the molecule is COc1cc(C=CC(=O)C=CC(=O)N2CCN(c3ccncc3)CC2)cc(OC)c1OC. The molecular weight excluding hydrogens is 410 g/mol. The molecule has 0 atom stereocenters. The van der Waals surface area contributed by atoms with Gasteiger partial charge in [0, 0.05) is 50.3 Å². The molecule has 0 radical (unpaired) electrons. The van der Waals surface area contributed by atoms with Crippen molar-refractivity contribution < 1.29 is 23.8 Å². The maximum Gasteiger partial charge on any atom is 0.246 e. The number of nitrogens with zero attached hydrogens (tertiary/aromatic N) is 3. The van der Waals surface area contributed by atoms with Crippen LogP contribution >= 0.6 is 0 Å². The number of rotatable bonds is 8. The van der Waals surface area contributed by atoms with Gasteiger partial charge in [0.15, 0.2) is 17.3 Å². The minimum atomic E-state index is -0.289. The lowest BCUT2D eigenvalue weighted by molar-refractivity contribution is -0.126. The third-order valence-electron chi connectivity index (χ3n) is 5.14. The first-order valence-corrected chi connectivity index (χ1v) is 10.2. The molecule has 0 spiro atoms. The van der Waals surface area contributed by atoms with Gasteiger partial charge < -0.3 is 24.0 Å². The number of carbonyl (C=O) groups excluding carboxylic acids is 2. The standard InChI is InChI=1S/C24H27N3O5/c1-30-21-16-18(17-22(31-2)24(21)32-3)4-5-20(28)6-7-23(29)27-14-12-26(13-15-27)19-8-10-25-11-9-19/h4-11,16-17H,12-15H2,1-3H3. The molecule has 1 aromatic carbocycles. The number of allylic oxidation sites excluding steroid dienone is 2. The lowest BCUT2D eigenvalue weighted by atomic mass is 10.1. The van der Waals surface area contributed by atoms with Gasteiger partial charge in [-0.05, 0) is 42.0 Å². The first-order chi connectivity index (χ1) is 15.5. The quantitative estimate of drug-likeness (QED) is 0.587. The third kappa shape index (κ3) is 5.66. The lowest BCUT2D eigenvalue weighted by Gasteiger charge is -2.35. The molecule has 1 amide bonds. The number of ketones is 1. The molecule has 0 saturated carbocycles. The largest absolute Gasteiger partial charge is 0.493 e. The van der Waals surface area contributed by atoms with E-state index in [4.69, 9.17) is 14.2 Å². The van der Waals surface area contributed by atoms with Gasteiger partial charge in [0.25, 0.3) is 0 Å². The number of hydrogen-bond acceptors (Lipinski definition) is 7. The summed E-state index contributed by atoms with van der Waals surface area (Å²) in [7, 11) is 4.59. The van der Waals surface area contributed by atoms with Crippen LogP contribution in [0.5, 0.6) is 17.2 Å². The van der Waals surface area contributed by atoms with Crippen molar-refractivity contribution in [1.29, 1.82) is 0 Å². The van der Waals surface area contributed by atoms with Gasteiger partial charge >= 0.3 is 0 Å². The number of pyridine rings is 1. The molecule has 0 unspecified atom stereocenters. The van der Waals surface area contributed by atoms with Gasteiger partial charge in [-0.2, -0.15) is 0 Å². The van der Waals surface area contributed by atoms with E-state index >= 15 is 0 Å². The summed E-state index contributed by atoms with van der Waals surface area (Å²) in [6.45, 7) is 2.67. The molecule has 2 heterocycles. The average molecular weight is 437 g/mol. The maximum atomic E-state index is 12.4. The van der Waals surface area contributed by atoms with Crippen LogP contribution in [-0.4, -0.2) is 69.1 Å². The smallest absolute Gasteiger partial charge is 0.246 e. The molecule has 1 aliphatic rings. The summed E-state index contributed by atoms with van der Waals surface area (Å²) in [4.78, 5) is 32.6. The molecular formula is C24H27N3O5. The summed E-state index contributed by atoms with van der Waals surface area (Å²) < 4.78 is 15.9. The van der Waals surface area contributed by atoms with Gasteiger partial charge in [0.05, 0.1) is 21.3 Å². The predicted molar refractivity (Wildman–Crippen MR) is 122 cm³/mol. The van der Waals surface area contributed by atoms with Gasteiger partial charge in [0.1, 0.15) is 0 Å². The molecule has 8 heteroatoms. The van der Waals surface area contributed by atoms with Crippen LogP contribution in [0.1, 0.15) is 5.56 Å². The highest BCUT2D eigenvalue weighted by atomic mass is 16.5. The molecule has 168 valence electrons. The van der Waals surface area contributed by atoms with Gasteiger partial charge in [-0.25, -0.2) is 0 Å². The fraction of sp³-hybridized carbons (Fsp3) is 0.292. The van der Waals surface area contributed by atoms with Crippen molar-refractivity contribution >= 4 is 23.5 Å². The second-order valence-corrected chi connectivity index (χ2v) is 7.05. The molecule has 2 aromatic rings. The van der Waals surface area contributed by atoms with E-state index in [2.05, 4.69) is 9.88 Å². The first-order valence-electron chi connectivity index (χ1n) is 10.2. The van der Waals surface area contributed by atoms with Gasteiger partial charge in [-0.15, -0.1) is 0 Å². The minimum Gasteiger partial charge on any atom is -0.493 e. The van der Waals surface area contributed by atoms with Gasteiger partial charge in [-0.1, -0.05) is 6.08 Å². The van der Waals surface area contributed by atoms with Crippen molar-refractivity contribution in [2.45, 2.75) is 0 Å². The van der Waals surface area contributed by atoms with Crippen molar-refractivity contribution in [3.8, 4) is 17.2 Å². The van der Waals surface area contributed by atoms with E-state index in [0.29, 0.717) is 35.9 Å². The Morgan fingerprint density at radius 2 is 1.50 bits per heavy atom. The normalized spacial score (nSPS) is 14.1. The molecule has 32 heavy (non-hydrogen) atoms. The van der Waals surface area contributed by atoms with E-state index in [1.54, 1.807) is 35.5 Å². The number of anilines is 1. The van der Waals surface area contributed by atoms with E-state index in [1.807, 2.05) is 12.1 Å². The highest BCUT2D eigenvalue weighted by molar-refractivity contribution is 6.05. The Labute approximate surface area is 187 Å². The summed E-state index contributed by atoms with van der Waals surface area (Å²) >= 11 is 0. The lowest BCUT2D eigenvalue weighted by Crippen LogP contribution is -2.48. The summed E-state index contributed by atoms with van der Waals surface area (Å²) in [6, 6.07) is 7.39. The van der Waals surface area contributed by atoms with Crippen LogP contribution in [0, 0.1) is 0 Å². The molecule has 1 fully saturated rings. The fourth-order valence-electron chi connectivity index (χ4n) is 3.43. The molecule has 8 nitrogen and oxygen atoms in total. The maximum absolute atomic E-state index is 12.4. The second-order valence-electron chi connectivity index (χ2n) is 7.05. The Morgan fingerprint density at radius 1 is 0.875 bits per heavy atom. The molecule has 0 bridgehead atoms. The molecule has 1 saturated heterocycles. The van der Waals surface area contributed by atoms with Crippen LogP contribution in [0.2, 0.25) is 0 Å². The molecule has 0 N–H and O–H groups in total. The molecule has 1 aliphatic heterocycles. The number of ether oxygens (including phenoxy) is 3. The van der Waals surface area contributed by atoms with E-state index < -0.39 is 0 Å². The van der Waals surface area contributed by atoms with Crippen LogP contribution in [0.15, 0.2) is 54.9 Å². The zero-order valence-electron chi connectivity index (χ0n) is 18.5. The Kier molecular flexibility index (Phi) is 7.85. The highest BCUT2D eigenvalue weighted by Gasteiger charge is 2.19. The monoisotopic (exact) mass is 437 g/mol. The van der Waals surface area contributed by atoms with Crippen LogP contribution in [-0.2, 0) is 9.59 Å². The molecule has 1 aromatic heterocycles. The van der Waals surface area contributed by atoms with Gasteiger partial charge in [0.2, 0.25) is 11.7 Å². The number of methoxy groups -OCH3 is 3. The Morgan fingerprint density at radius 3 is 2.06 bits per heavy atom. The second kappa shape index (κ2) is 11.0. The van der Waals surface area contributed by atoms with Gasteiger partial charge in [-0.3, -0.25) is 14.6 Å². The number of piperazine rings is 1. The van der Waals surface area contributed by atoms with Crippen molar-refractivity contribution in [3.05, 3.63) is 60.5 Å². The summed E-state index contributed by atoms with van der Waals surface area (Å²) in [5.74, 6) is 1.01. The number of carbonyl (C=O) groups is 2. The average Bonchev–Trinajstić information content (AvgIpc) is 2.85. The summed E-state index contributed by atoms with van der Waals surface area (Å²) in [6.07, 6.45) is 9.15. The Balaban J connectivity index is 1.56.